The Morgan fingerprint density at radius 1 is 1.04 bits per heavy atom. The molecule has 2 saturated heterocycles. The Kier molecular flexibility index (Phi) is 9.00. The molecule has 6 rings (SSSR count). The molecule has 0 radical (unpaired) electrons. The van der Waals surface area contributed by atoms with Gasteiger partial charge in [0.25, 0.3) is 0 Å². The van der Waals surface area contributed by atoms with Gasteiger partial charge < -0.3 is 35.3 Å². The minimum Gasteiger partial charge on any atom is -0.394 e. The highest BCUT2D eigenvalue weighted by Crippen LogP contribution is 2.41. The average molecular weight is 652 g/mol. The molecule has 15 nitrogen and oxygen atoms in total. The van der Waals surface area contributed by atoms with Crippen molar-refractivity contribution in [3.8, 4) is 22.8 Å². The highest BCUT2D eigenvalue weighted by atomic mass is 32.2. The topological polar surface area (TPSA) is 202 Å². The van der Waals surface area contributed by atoms with E-state index in [-0.39, 0.29) is 36.1 Å². The number of rotatable bonds is 8. The number of aromatic nitrogens is 8. The van der Waals surface area contributed by atoms with Crippen LogP contribution >= 0.6 is 11.8 Å². The van der Waals surface area contributed by atoms with Crippen molar-refractivity contribution < 1.29 is 42.7 Å². The first-order valence-corrected chi connectivity index (χ1v) is 14.6. The average Bonchev–Trinajstić information content (AvgIpc) is 3.72. The Hall–Kier alpha value is -3.72. The standard InChI is InChI=1S/C26H28F3N9O6S/c1-42-24-21(38-6-14(33-36-38)11-4-12(27)20(29)13(28)5-11)23(41)17(8-39)44-26(24)45-18-10-43-9-16(22(18)40)37-7-15(34-35-37)25-31-3-2-19(30)32-25/h2-7,16-18,21-24,26,39-41H,8-10H2,1H3,(H2,30,31,32)/t16-,17+,18+,21-,22+,23-,24+,26-/m0/s1. The van der Waals surface area contributed by atoms with Crippen LogP contribution in [0.1, 0.15) is 12.1 Å². The maximum Gasteiger partial charge on any atom is 0.194 e. The van der Waals surface area contributed by atoms with E-state index in [2.05, 4.69) is 30.6 Å². The lowest BCUT2D eigenvalue weighted by atomic mass is 9.97. The lowest BCUT2D eigenvalue weighted by Crippen LogP contribution is -2.56. The summed E-state index contributed by atoms with van der Waals surface area (Å²) in [4.78, 5) is 8.28. The van der Waals surface area contributed by atoms with E-state index in [0.29, 0.717) is 5.69 Å². The SMILES string of the molecule is CO[C@@H]1[C@@H](n2cc(-c3cc(F)c(F)c(F)c3)nn2)[C@@H](O)[C@@H](CO)O[C@H]1S[C@@H]1COC[C@H](n2cc(-c3nccc(N)n3)nn2)[C@H]1O. The van der Waals surface area contributed by atoms with Crippen molar-refractivity contribution in [2.75, 3.05) is 32.7 Å². The van der Waals surface area contributed by atoms with Gasteiger partial charge in [0.1, 0.15) is 53.0 Å². The molecule has 0 bridgehead atoms. The second-order valence-electron chi connectivity index (χ2n) is 10.4. The van der Waals surface area contributed by atoms with Gasteiger partial charge >= 0.3 is 0 Å². The fourth-order valence-electron chi connectivity index (χ4n) is 5.29. The fourth-order valence-corrected chi connectivity index (χ4v) is 6.79. The molecule has 3 aromatic heterocycles. The molecule has 0 spiro atoms. The highest BCUT2D eigenvalue weighted by Gasteiger charge is 2.49. The van der Waals surface area contributed by atoms with Crippen LogP contribution in [0.4, 0.5) is 19.0 Å². The van der Waals surface area contributed by atoms with E-state index in [0.717, 1.165) is 23.9 Å². The van der Waals surface area contributed by atoms with Gasteiger partial charge in [0.2, 0.25) is 0 Å². The molecule has 240 valence electrons. The van der Waals surface area contributed by atoms with Gasteiger partial charge in [0, 0.05) is 18.9 Å². The van der Waals surface area contributed by atoms with Crippen LogP contribution in [0.15, 0.2) is 36.8 Å². The Morgan fingerprint density at radius 3 is 2.47 bits per heavy atom. The van der Waals surface area contributed by atoms with Gasteiger partial charge in [-0.3, -0.25) is 0 Å². The third kappa shape index (κ3) is 6.11. The highest BCUT2D eigenvalue weighted by molar-refractivity contribution is 8.00. The second-order valence-corrected chi connectivity index (χ2v) is 11.7. The zero-order chi connectivity index (χ0) is 31.8. The number of methoxy groups -OCH3 is 1. The molecule has 1 aromatic carbocycles. The number of benzene rings is 1. The number of aliphatic hydroxyl groups excluding tert-OH is 3. The van der Waals surface area contributed by atoms with Crippen molar-refractivity contribution in [3.05, 3.63) is 54.2 Å². The number of thioether (sulfide) groups is 1. The molecule has 5 heterocycles. The van der Waals surface area contributed by atoms with Crippen LogP contribution in [-0.4, -0.2) is 117 Å². The Morgan fingerprint density at radius 2 is 1.76 bits per heavy atom. The van der Waals surface area contributed by atoms with Crippen molar-refractivity contribution >= 4 is 17.6 Å². The number of hydrogen-bond donors (Lipinski definition) is 4. The maximum absolute atomic E-state index is 13.9. The summed E-state index contributed by atoms with van der Waals surface area (Å²) >= 11 is 1.16. The summed E-state index contributed by atoms with van der Waals surface area (Å²) in [6.45, 7) is -0.309. The Labute approximate surface area is 257 Å². The first kappa shape index (κ1) is 31.3. The zero-order valence-electron chi connectivity index (χ0n) is 23.5. The molecule has 45 heavy (non-hydrogen) atoms. The molecule has 8 atom stereocenters. The zero-order valence-corrected chi connectivity index (χ0v) is 24.3. The van der Waals surface area contributed by atoms with Crippen LogP contribution in [0.2, 0.25) is 0 Å². The van der Waals surface area contributed by atoms with E-state index in [4.69, 9.17) is 19.9 Å². The number of halogens is 3. The number of hydrogen-bond acceptors (Lipinski definition) is 14. The van der Waals surface area contributed by atoms with Gasteiger partial charge in [0.05, 0.1) is 43.6 Å². The number of aliphatic hydroxyl groups is 3. The van der Waals surface area contributed by atoms with Gasteiger partial charge in [-0.15, -0.1) is 22.0 Å². The van der Waals surface area contributed by atoms with Crippen LogP contribution in [0.5, 0.6) is 0 Å². The van der Waals surface area contributed by atoms with Gasteiger partial charge in [0.15, 0.2) is 23.3 Å². The molecular formula is C26H28F3N9O6S. The minimum absolute atomic E-state index is 0.000770. The third-order valence-electron chi connectivity index (χ3n) is 7.60. The summed E-state index contributed by atoms with van der Waals surface area (Å²) in [5.74, 6) is -3.89. The summed E-state index contributed by atoms with van der Waals surface area (Å²) in [5, 5.41) is 48.1. The van der Waals surface area contributed by atoms with Crippen molar-refractivity contribution in [1.82, 2.24) is 40.0 Å². The summed E-state index contributed by atoms with van der Waals surface area (Å²) in [5.41, 5.74) is 5.14. The molecule has 0 saturated carbocycles. The van der Waals surface area contributed by atoms with Gasteiger partial charge in [-0.25, -0.2) is 32.5 Å². The minimum atomic E-state index is -1.62. The molecule has 5 N–H and O–H groups in total. The molecule has 0 aliphatic carbocycles. The van der Waals surface area contributed by atoms with Crippen LogP contribution in [-0.2, 0) is 14.2 Å². The van der Waals surface area contributed by atoms with Crippen molar-refractivity contribution in [3.63, 3.8) is 0 Å². The van der Waals surface area contributed by atoms with E-state index in [1.165, 1.54) is 34.9 Å². The van der Waals surface area contributed by atoms with Gasteiger partial charge in [-0.2, -0.15) is 0 Å². The first-order chi connectivity index (χ1) is 21.7. The number of nitrogens with two attached hydrogens (primary N) is 1. The number of nitrogen functional groups attached to an aromatic ring is 1. The quantitative estimate of drug-likeness (QED) is 0.190. The van der Waals surface area contributed by atoms with E-state index in [1.54, 1.807) is 6.20 Å². The maximum atomic E-state index is 13.9. The lowest BCUT2D eigenvalue weighted by Gasteiger charge is -2.45. The van der Waals surface area contributed by atoms with E-state index in [1.807, 2.05) is 0 Å². The predicted octanol–water partition coefficient (Wildman–Crippen LogP) is 0.361. The van der Waals surface area contributed by atoms with Gasteiger partial charge in [-0.05, 0) is 18.2 Å². The first-order valence-electron chi connectivity index (χ1n) is 13.6. The Bertz CT molecular complexity index is 1630. The van der Waals surface area contributed by atoms with Gasteiger partial charge in [-0.1, -0.05) is 10.4 Å². The van der Waals surface area contributed by atoms with Crippen LogP contribution in [0.3, 0.4) is 0 Å². The molecule has 2 fully saturated rings. The lowest BCUT2D eigenvalue weighted by molar-refractivity contribution is -0.186. The number of nitrogens with zero attached hydrogens (tertiary/aromatic N) is 8. The molecule has 4 aromatic rings. The van der Waals surface area contributed by atoms with Crippen molar-refractivity contribution in [2.24, 2.45) is 0 Å². The summed E-state index contributed by atoms with van der Waals surface area (Å²) in [6, 6.07) is 1.45. The smallest absolute Gasteiger partial charge is 0.194 e. The number of anilines is 1. The molecule has 0 unspecified atom stereocenters. The monoisotopic (exact) mass is 651 g/mol. The number of ether oxygens (including phenoxy) is 3. The summed E-state index contributed by atoms with van der Waals surface area (Å²) < 4.78 is 61.5. The molecule has 2 aliphatic heterocycles. The molecule has 19 heteroatoms. The van der Waals surface area contributed by atoms with Crippen LogP contribution in [0.25, 0.3) is 22.8 Å². The summed E-state index contributed by atoms with van der Waals surface area (Å²) in [6.07, 6.45) is -0.00425. The normalized spacial score (nSPS) is 28.8. The van der Waals surface area contributed by atoms with Crippen LogP contribution in [0, 0.1) is 17.5 Å². The van der Waals surface area contributed by atoms with Crippen molar-refractivity contribution in [2.45, 2.75) is 47.2 Å². The predicted molar refractivity (Wildman–Crippen MR) is 150 cm³/mol. The summed E-state index contributed by atoms with van der Waals surface area (Å²) in [7, 11) is 1.38. The van der Waals surface area contributed by atoms with E-state index in [9.17, 15) is 28.5 Å². The van der Waals surface area contributed by atoms with E-state index < -0.39 is 71.2 Å². The second kappa shape index (κ2) is 12.9. The molecule has 0 amide bonds. The molecule has 2 aliphatic rings. The van der Waals surface area contributed by atoms with Crippen LogP contribution < -0.4 is 5.73 Å². The van der Waals surface area contributed by atoms with Crippen molar-refractivity contribution in [1.29, 1.82) is 0 Å². The third-order valence-corrected chi connectivity index (χ3v) is 9.02. The largest absolute Gasteiger partial charge is 0.394 e. The fraction of sp³-hybridized carbons (Fsp3) is 0.462. The van der Waals surface area contributed by atoms with E-state index >= 15 is 0 Å². The Balaban J connectivity index is 1.22. The molecular weight excluding hydrogens is 623 g/mol.